The van der Waals surface area contributed by atoms with Crippen LogP contribution in [0.2, 0.25) is 0 Å². The van der Waals surface area contributed by atoms with E-state index in [0.29, 0.717) is 36.1 Å². The maximum Gasteiger partial charge on any atom is 0.207 e. The Morgan fingerprint density at radius 1 is 0.636 bits per heavy atom. The van der Waals surface area contributed by atoms with Crippen molar-refractivity contribution in [1.82, 2.24) is 0 Å². The van der Waals surface area contributed by atoms with Crippen LogP contribution in [0.15, 0.2) is 131 Å². The Morgan fingerprint density at radius 2 is 1.20 bits per heavy atom. The van der Waals surface area contributed by atoms with Gasteiger partial charge in [-0.05, 0) is 44.5 Å². The van der Waals surface area contributed by atoms with Crippen molar-refractivity contribution in [1.29, 1.82) is 0 Å². The van der Waals surface area contributed by atoms with Gasteiger partial charge in [-0.2, -0.15) is 0 Å². The minimum atomic E-state index is -1.37. The Kier molecular flexibility index (Phi) is 6.31. The van der Waals surface area contributed by atoms with Gasteiger partial charge in [-0.1, -0.05) is 115 Å². The molecule has 5 aromatic carbocycles. The summed E-state index contributed by atoms with van der Waals surface area (Å²) in [7, 11) is 0. The highest BCUT2D eigenvalue weighted by atomic mass is 16.5. The summed E-state index contributed by atoms with van der Waals surface area (Å²) in [6, 6.07) is 38.9. The highest BCUT2D eigenvalue weighted by Crippen LogP contribution is 2.46. The first-order valence-electron chi connectivity index (χ1n) is 14.9. The number of nitrogens with zero attached hydrogens (tertiary/aromatic N) is 2. The van der Waals surface area contributed by atoms with Gasteiger partial charge in [0.05, 0.1) is 0 Å². The number of hydrogen-bond donors (Lipinski definition) is 2. The molecule has 1 aliphatic carbocycles. The van der Waals surface area contributed by atoms with Crippen LogP contribution in [-0.2, 0) is 9.47 Å². The average Bonchev–Trinajstić information content (AvgIpc) is 3.78. The minimum Gasteiger partial charge on any atom is -0.507 e. The van der Waals surface area contributed by atoms with Gasteiger partial charge in [0.15, 0.2) is 5.41 Å². The number of aliphatic imine (C=N–C) groups is 2. The quantitative estimate of drug-likeness (QED) is 0.299. The standard InChI is InChI=1S/C38H30N2O4/c41-32-20-19-24-11-7-9-17-28(24)33(32)34-29-18-10-8-16-27(29)21-38(35(34)42,36-39-30(22-43-36)25-12-3-1-4-13-25)37-40-31(23-44-37)26-14-5-2-6-15-26/h1-21,30-31,35,41-42H,22-23H2. The highest BCUT2D eigenvalue weighted by molar-refractivity contribution is 6.15. The summed E-state index contributed by atoms with van der Waals surface area (Å²) in [4.78, 5) is 10.2. The zero-order chi connectivity index (χ0) is 29.7. The number of benzene rings is 5. The Labute approximate surface area is 254 Å². The van der Waals surface area contributed by atoms with Crippen molar-refractivity contribution in [3.05, 3.63) is 148 Å². The third kappa shape index (κ3) is 4.13. The Bertz CT molecular complexity index is 2010. The lowest BCUT2D eigenvalue weighted by Crippen LogP contribution is -2.55. The summed E-state index contributed by atoms with van der Waals surface area (Å²) in [5, 5.41) is 27.7. The van der Waals surface area contributed by atoms with E-state index < -0.39 is 11.5 Å². The second-order valence-corrected chi connectivity index (χ2v) is 11.4. The molecule has 6 nitrogen and oxygen atoms in total. The molecule has 8 rings (SSSR count). The number of aliphatic hydroxyl groups is 1. The molecule has 3 aliphatic rings. The molecule has 2 heterocycles. The van der Waals surface area contributed by atoms with Crippen molar-refractivity contribution in [3.63, 3.8) is 0 Å². The predicted octanol–water partition coefficient (Wildman–Crippen LogP) is 5.23. The number of hydrogen-bond acceptors (Lipinski definition) is 6. The van der Waals surface area contributed by atoms with Crippen LogP contribution < -0.4 is 10.4 Å². The largest absolute Gasteiger partial charge is 0.507 e. The smallest absolute Gasteiger partial charge is 0.207 e. The number of aliphatic hydroxyl groups excluding tert-OH is 1. The maximum atomic E-state index is 12.8. The summed E-state index contributed by atoms with van der Waals surface area (Å²) in [5.41, 5.74) is 1.81. The molecular formula is C38H30N2O4. The summed E-state index contributed by atoms with van der Waals surface area (Å²) >= 11 is 0. The number of aromatic hydroxyl groups is 1. The molecule has 3 unspecified atom stereocenters. The molecule has 0 amide bonds. The normalized spacial score (nSPS) is 24.1. The second-order valence-electron chi connectivity index (χ2n) is 11.4. The van der Waals surface area contributed by atoms with E-state index in [1.807, 2.05) is 121 Å². The van der Waals surface area contributed by atoms with Gasteiger partial charge in [-0.15, -0.1) is 0 Å². The summed E-state index contributed by atoms with van der Waals surface area (Å²) in [5.74, 6) is 0.771. The van der Waals surface area contributed by atoms with Gasteiger partial charge in [-0.3, -0.25) is 0 Å². The third-order valence-electron chi connectivity index (χ3n) is 8.89. The molecule has 0 aromatic heterocycles. The van der Waals surface area contributed by atoms with Crippen LogP contribution in [0.1, 0.15) is 28.8 Å². The van der Waals surface area contributed by atoms with Crippen LogP contribution in [-0.4, -0.2) is 41.3 Å². The van der Waals surface area contributed by atoms with Crippen LogP contribution in [0.25, 0.3) is 22.4 Å². The highest BCUT2D eigenvalue weighted by Gasteiger charge is 2.55. The van der Waals surface area contributed by atoms with E-state index in [1.54, 1.807) is 6.07 Å². The molecule has 0 bridgehead atoms. The Balaban J connectivity index is 1.39. The number of phenolic OH excluding ortho intramolecular Hbond substituents is 1. The summed E-state index contributed by atoms with van der Waals surface area (Å²) < 4.78 is 12.9. The van der Waals surface area contributed by atoms with Gasteiger partial charge in [0.1, 0.15) is 37.2 Å². The maximum absolute atomic E-state index is 12.8. The first-order valence-corrected chi connectivity index (χ1v) is 14.9. The average molecular weight is 579 g/mol. The predicted molar refractivity (Wildman–Crippen MR) is 172 cm³/mol. The Hall–Kier alpha value is -5.20. The zero-order valence-electron chi connectivity index (χ0n) is 23.9. The number of rotatable bonds is 5. The molecule has 0 radical (unpaired) electrons. The van der Waals surface area contributed by atoms with Gasteiger partial charge in [-0.25, -0.2) is 9.98 Å². The van der Waals surface area contributed by atoms with Crippen molar-refractivity contribution in [2.75, 3.05) is 13.2 Å². The fourth-order valence-electron chi connectivity index (χ4n) is 6.72. The van der Waals surface area contributed by atoms with Crippen molar-refractivity contribution in [2.45, 2.75) is 18.2 Å². The fraction of sp³-hybridized carbons (Fsp3) is 0.158. The third-order valence-corrected chi connectivity index (χ3v) is 8.89. The van der Waals surface area contributed by atoms with Crippen LogP contribution in [0, 0.1) is 5.41 Å². The zero-order valence-corrected chi connectivity index (χ0v) is 23.9. The monoisotopic (exact) mass is 578 g/mol. The molecule has 2 N–H and O–H groups in total. The van der Waals surface area contributed by atoms with E-state index in [2.05, 4.69) is 0 Å². The van der Waals surface area contributed by atoms with Crippen molar-refractivity contribution in [3.8, 4) is 5.75 Å². The molecule has 216 valence electrons. The van der Waals surface area contributed by atoms with E-state index in [9.17, 15) is 10.2 Å². The van der Waals surface area contributed by atoms with Crippen molar-refractivity contribution in [2.24, 2.45) is 15.4 Å². The second kappa shape index (κ2) is 10.5. The molecule has 0 saturated heterocycles. The lowest BCUT2D eigenvalue weighted by Gasteiger charge is -2.37. The molecule has 3 atom stereocenters. The molecular weight excluding hydrogens is 548 g/mol. The van der Waals surface area contributed by atoms with Crippen LogP contribution in [0.4, 0.5) is 0 Å². The molecule has 0 saturated carbocycles. The minimum absolute atomic E-state index is 0.0798. The topological polar surface area (TPSA) is 83.6 Å². The van der Waals surface area contributed by atoms with Crippen molar-refractivity contribution < 1.29 is 19.7 Å². The number of phenols is 1. The van der Waals surface area contributed by atoms with E-state index in [4.69, 9.17) is 19.5 Å². The van der Waals surface area contributed by atoms with Gasteiger partial charge < -0.3 is 19.7 Å². The molecule has 0 spiro atoms. The first kappa shape index (κ1) is 26.4. The molecule has 5 aromatic rings. The summed E-state index contributed by atoms with van der Waals surface area (Å²) in [6.45, 7) is 0.654. The molecule has 6 heteroatoms. The van der Waals surface area contributed by atoms with Gasteiger partial charge >= 0.3 is 0 Å². The van der Waals surface area contributed by atoms with Gasteiger partial charge in [0.25, 0.3) is 0 Å². The Morgan fingerprint density at radius 3 is 1.86 bits per heavy atom. The lowest BCUT2D eigenvalue weighted by molar-refractivity contribution is 0.157. The van der Waals surface area contributed by atoms with Crippen LogP contribution in [0.5, 0.6) is 5.75 Å². The van der Waals surface area contributed by atoms with E-state index >= 15 is 0 Å². The molecule has 2 aliphatic heterocycles. The molecule has 44 heavy (non-hydrogen) atoms. The molecule has 0 fully saturated rings. The first-order chi connectivity index (χ1) is 21.6. The van der Waals surface area contributed by atoms with Crippen molar-refractivity contribution >= 4 is 34.2 Å². The SMILES string of the molecule is Oc1ccc2ccccc2c1C1=c2ccccc2=CC(C2=NC(c3ccccc3)CO2)(C2=NC(c3ccccc3)CO2)C1O. The van der Waals surface area contributed by atoms with Crippen LogP contribution in [0.3, 0.4) is 0 Å². The summed E-state index contributed by atoms with van der Waals surface area (Å²) in [6.07, 6.45) is 0.743. The van der Waals surface area contributed by atoms with Crippen LogP contribution >= 0.6 is 0 Å². The number of ether oxygens (including phenoxy) is 2. The van der Waals surface area contributed by atoms with Gasteiger partial charge in [0.2, 0.25) is 11.8 Å². The van der Waals surface area contributed by atoms with E-state index in [-0.39, 0.29) is 17.8 Å². The number of fused-ring (bicyclic) bond motifs is 2. The fourth-order valence-corrected chi connectivity index (χ4v) is 6.72. The van der Waals surface area contributed by atoms with Gasteiger partial charge in [0, 0.05) is 11.1 Å². The van der Waals surface area contributed by atoms with E-state index in [1.165, 1.54) is 0 Å². The van der Waals surface area contributed by atoms with E-state index in [0.717, 1.165) is 32.3 Å². The lowest BCUT2D eigenvalue weighted by atomic mass is 9.71.